The van der Waals surface area contributed by atoms with Crippen LogP contribution in [0.4, 0.5) is 10.5 Å². The summed E-state index contributed by atoms with van der Waals surface area (Å²) in [6, 6.07) is 8.42. The first-order valence-corrected chi connectivity index (χ1v) is 19.2. The van der Waals surface area contributed by atoms with Gasteiger partial charge in [0.15, 0.2) is 6.04 Å². The summed E-state index contributed by atoms with van der Waals surface area (Å²) in [7, 11) is 1.72. The van der Waals surface area contributed by atoms with Crippen molar-refractivity contribution in [3.05, 3.63) is 47.3 Å². The van der Waals surface area contributed by atoms with Crippen molar-refractivity contribution < 1.29 is 34.0 Å². The molecule has 1 saturated heterocycles. The van der Waals surface area contributed by atoms with Gasteiger partial charge in [0, 0.05) is 74.9 Å². The summed E-state index contributed by atoms with van der Waals surface area (Å²) >= 11 is 0. The lowest BCUT2D eigenvalue weighted by Gasteiger charge is -2.36. The maximum Gasteiger partial charge on any atom is 0.408 e. The zero-order valence-electron chi connectivity index (χ0n) is 32.8. The van der Waals surface area contributed by atoms with Gasteiger partial charge in [0.25, 0.3) is 0 Å². The molecule has 290 valence electrons. The summed E-state index contributed by atoms with van der Waals surface area (Å²) in [5.74, 6) is -1.09. The summed E-state index contributed by atoms with van der Waals surface area (Å²) in [6.45, 7) is 18.3. The number of pyridine rings is 1. The van der Waals surface area contributed by atoms with Crippen molar-refractivity contribution in [2.45, 2.75) is 117 Å². The molecule has 2 saturated carbocycles. The quantitative estimate of drug-likeness (QED) is 0.167. The van der Waals surface area contributed by atoms with Crippen LogP contribution in [0.1, 0.15) is 96.6 Å². The van der Waals surface area contributed by atoms with Crippen molar-refractivity contribution in [2.24, 2.45) is 5.41 Å². The molecule has 53 heavy (non-hydrogen) atoms. The predicted molar refractivity (Wildman–Crippen MR) is 206 cm³/mol. The Morgan fingerprint density at radius 1 is 1.08 bits per heavy atom. The molecule has 12 heteroatoms. The van der Waals surface area contributed by atoms with Crippen molar-refractivity contribution in [1.82, 2.24) is 19.8 Å². The van der Waals surface area contributed by atoms with Gasteiger partial charge in [0.1, 0.15) is 5.60 Å². The highest BCUT2D eigenvalue weighted by Crippen LogP contribution is 2.47. The van der Waals surface area contributed by atoms with E-state index in [2.05, 4.69) is 64.7 Å². The summed E-state index contributed by atoms with van der Waals surface area (Å²) < 4.78 is 19.6. The number of ether oxygens (including phenoxy) is 3. The largest absolute Gasteiger partial charge is 0.480 e. The number of aliphatic hydroxyl groups excluding tert-OH is 1. The number of aromatic nitrogens is 2. The Balaban J connectivity index is 1.33. The molecule has 0 spiro atoms. The van der Waals surface area contributed by atoms with Gasteiger partial charge in [-0.05, 0) is 95.0 Å². The molecule has 0 bridgehead atoms. The van der Waals surface area contributed by atoms with Crippen LogP contribution in [0.25, 0.3) is 22.2 Å². The highest BCUT2D eigenvalue weighted by molar-refractivity contribution is 5.93. The average Bonchev–Trinajstić information content (AvgIpc) is 4.06. The number of hydrogen-bond donors (Lipinski definition) is 3. The van der Waals surface area contributed by atoms with Crippen molar-refractivity contribution in [2.75, 3.05) is 51.4 Å². The number of carbonyl (C=O) groups excluding carboxylic acids is 1. The molecule has 2 aliphatic carbocycles. The lowest BCUT2D eigenvalue weighted by Crippen LogP contribution is -2.47. The first kappa shape index (κ1) is 39.0. The van der Waals surface area contributed by atoms with Crippen LogP contribution in [-0.2, 0) is 32.0 Å². The second kappa shape index (κ2) is 15.6. The Bertz CT molecular complexity index is 1790. The van der Waals surface area contributed by atoms with Crippen molar-refractivity contribution in [3.8, 4) is 11.3 Å². The molecule has 3 fully saturated rings. The highest BCUT2D eigenvalue weighted by atomic mass is 16.6. The number of carboxylic acids is 1. The number of anilines is 1. The topological polar surface area (TPSA) is 139 Å². The van der Waals surface area contributed by atoms with E-state index in [-0.39, 0.29) is 36.8 Å². The zero-order valence-corrected chi connectivity index (χ0v) is 32.8. The van der Waals surface area contributed by atoms with E-state index in [1.54, 1.807) is 27.9 Å². The molecule has 3 heterocycles. The Hall–Kier alpha value is -3.71. The van der Waals surface area contributed by atoms with Crippen LogP contribution in [-0.4, -0.2) is 107 Å². The van der Waals surface area contributed by atoms with Crippen LogP contribution >= 0.6 is 0 Å². The molecule has 6 rings (SSSR count). The highest BCUT2D eigenvalue weighted by Gasteiger charge is 2.41. The number of hydrogen-bond acceptors (Lipinski definition) is 9. The third kappa shape index (κ3) is 8.99. The minimum atomic E-state index is -1.22. The number of methoxy groups -OCH3 is 1. The summed E-state index contributed by atoms with van der Waals surface area (Å²) in [6.07, 6.45) is 4.84. The molecular weight excluding hydrogens is 674 g/mol. The number of aliphatic hydroxyl groups is 1. The summed E-state index contributed by atoms with van der Waals surface area (Å²) in [5, 5.41) is 23.8. The van der Waals surface area contributed by atoms with Crippen LogP contribution < -0.4 is 10.2 Å². The van der Waals surface area contributed by atoms with E-state index in [4.69, 9.17) is 19.2 Å². The number of amides is 1. The number of aliphatic carboxylic acids is 1. The standard InChI is InChI=1S/C41H59N5O7/c1-9-46-34-13-10-26(29-20-35(29)52-23-33(38(48)49)43-39(50)53-40(3,4)5)18-30(34)32(21-41(6,7)24-47)37(46)31-19-28(22-42-36(31)25(2)51-8)45-16-14-44(15-17-45)27-11-12-27/h10,13,18-19,22,25,27,29,33,35,47H,9,11-12,14-17,20-21,23-24H2,1-8H3,(H,43,50)(H,48,49). The molecular formula is C41H59N5O7. The molecule has 4 unspecified atom stereocenters. The summed E-state index contributed by atoms with van der Waals surface area (Å²) in [5.41, 5.74) is 6.41. The van der Waals surface area contributed by atoms with Crippen LogP contribution in [0.3, 0.4) is 0 Å². The molecule has 3 N–H and O–H groups in total. The van der Waals surface area contributed by atoms with Gasteiger partial charge in [-0.25, -0.2) is 9.59 Å². The van der Waals surface area contributed by atoms with E-state index in [0.29, 0.717) is 6.42 Å². The number of benzene rings is 1. The third-order valence-electron chi connectivity index (χ3n) is 10.9. The molecule has 2 aromatic heterocycles. The normalized spacial score (nSPS) is 20.7. The van der Waals surface area contributed by atoms with Gasteiger partial charge >= 0.3 is 12.1 Å². The molecule has 3 aromatic rings. The number of aryl methyl sites for hydroxylation is 1. The van der Waals surface area contributed by atoms with Crippen LogP contribution in [0, 0.1) is 5.41 Å². The summed E-state index contributed by atoms with van der Waals surface area (Å²) in [4.78, 5) is 34.4. The Labute approximate surface area is 313 Å². The molecule has 0 radical (unpaired) electrons. The molecule has 1 amide bonds. The minimum Gasteiger partial charge on any atom is -0.480 e. The van der Waals surface area contributed by atoms with Gasteiger partial charge in [-0.15, -0.1) is 0 Å². The van der Waals surface area contributed by atoms with Crippen LogP contribution in [0.15, 0.2) is 30.5 Å². The fraction of sp³-hybridized carbons (Fsp3) is 0.634. The smallest absolute Gasteiger partial charge is 0.408 e. The molecule has 4 atom stereocenters. The number of nitrogens with one attached hydrogen (secondary N) is 1. The first-order chi connectivity index (χ1) is 25.1. The fourth-order valence-electron chi connectivity index (χ4n) is 7.62. The van der Waals surface area contributed by atoms with E-state index in [0.717, 1.165) is 89.9 Å². The third-order valence-corrected chi connectivity index (χ3v) is 10.9. The van der Waals surface area contributed by atoms with Gasteiger partial charge in [0.2, 0.25) is 0 Å². The SMILES string of the molecule is CCn1c(-c2cc(N3CCN(C4CC4)CC3)cnc2C(C)OC)c(CC(C)(C)CO)c2cc(C3CC3OCC(NC(=O)OC(C)(C)C)C(=O)O)ccc21. The number of piperazine rings is 1. The Kier molecular flexibility index (Phi) is 11.5. The van der Waals surface area contributed by atoms with Crippen LogP contribution in [0.2, 0.25) is 0 Å². The fourth-order valence-corrected chi connectivity index (χ4v) is 7.62. The second-order valence-electron chi connectivity index (χ2n) is 16.9. The van der Waals surface area contributed by atoms with Gasteiger partial charge in [-0.2, -0.15) is 0 Å². The molecule has 12 nitrogen and oxygen atoms in total. The second-order valence-corrected chi connectivity index (χ2v) is 16.9. The predicted octanol–water partition coefficient (Wildman–Crippen LogP) is 6.13. The van der Waals surface area contributed by atoms with Crippen molar-refractivity contribution >= 4 is 28.7 Å². The van der Waals surface area contributed by atoms with E-state index in [9.17, 15) is 19.8 Å². The van der Waals surface area contributed by atoms with E-state index in [1.165, 1.54) is 12.8 Å². The maximum absolute atomic E-state index is 12.3. The first-order valence-electron chi connectivity index (χ1n) is 19.2. The lowest BCUT2D eigenvalue weighted by molar-refractivity contribution is -0.141. The van der Waals surface area contributed by atoms with Gasteiger partial charge in [0.05, 0.1) is 42.1 Å². The number of carboxylic acid groups (broad SMARTS) is 1. The average molecular weight is 734 g/mol. The van der Waals surface area contributed by atoms with Gasteiger partial charge in [-0.1, -0.05) is 19.9 Å². The number of nitrogens with zero attached hydrogens (tertiary/aromatic N) is 4. The molecule has 3 aliphatic rings. The van der Waals surface area contributed by atoms with E-state index >= 15 is 0 Å². The van der Waals surface area contributed by atoms with E-state index < -0.39 is 23.7 Å². The minimum absolute atomic E-state index is 0.0381. The number of carbonyl (C=O) groups is 2. The van der Waals surface area contributed by atoms with Crippen LogP contribution in [0.5, 0.6) is 0 Å². The Morgan fingerprint density at radius 3 is 2.40 bits per heavy atom. The van der Waals surface area contributed by atoms with Crippen molar-refractivity contribution in [3.63, 3.8) is 0 Å². The van der Waals surface area contributed by atoms with Crippen molar-refractivity contribution in [1.29, 1.82) is 0 Å². The molecule has 1 aliphatic heterocycles. The zero-order chi connectivity index (χ0) is 38.2. The van der Waals surface area contributed by atoms with E-state index in [1.807, 2.05) is 13.1 Å². The van der Waals surface area contributed by atoms with Gasteiger partial charge in [-0.3, -0.25) is 9.88 Å². The number of rotatable bonds is 15. The monoisotopic (exact) mass is 733 g/mol. The number of alkyl carbamates (subject to hydrolysis) is 1. The number of fused-ring (bicyclic) bond motifs is 1. The molecule has 1 aromatic carbocycles. The Morgan fingerprint density at radius 2 is 1.79 bits per heavy atom. The van der Waals surface area contributed by atoms with Gasteiger partial charge < -0.3 is 39.2 Å². The lowest BCUT2D eigenvalue weighted by atomic mass is 9.84. The maximum atomic E-state index is 12.3.